The number of amides is 1. The number of aromatic nitrogens is 1. The molecule has 1 aromatic heterocycles. The van der Waals surface area contributed by atoms with Crippen molar-refractivity contribution in [1.82, 2.24) is 15.6 Å². The van der Waals surface area contributed by atoms with Gasteiger partial charge < -0.3 is 26.3 Å². The lowest BCUT2D eigenvalue weighted by Crippen LogP contribution is -2.39. The highest BCUT2D eigenvalue weighted by Gasteiger charge is 2.46. The monoisotopic (exact) mass is 472 g/mol. The highest BCUT2D eigenvalue weighted by Crippen LogP contribution is 2.46. The van der Waals surface area contributed by atoms with Crippen LogP contribution >= 0.6 is 0 Å². The van der Waals surface area contributed by atoms with E-state index in [9.17, 15) is 18.0 Å². The van der Waals surface area contributed by atoms with E-state index in [-0.39, 0.29) is 37.2 Å². The lowest BCUT2D eigenvalue weighted by molar-refractivity contribution is 0.00433. The Hall–Kier alpha value is -3.56. The number of carbonyl (C=O) groups excluding carboxylic acids is 1. The van der Waals surface area contributed by atoms with Gasteiger partial charge in [0.05, 0.1) is 11.4 Å². The molecule has 1 saturated carbocycles. The number of alkyl halides is 2. The second-order valence-electron chi connectivity index (χ2n) is 8.68. The lowest BCUT2D eigenvalue weighted by Gasteiger charge is -2.28. The van der Waals surface area contributed by atoms with E-state index in [1.165, 1.54) is 18.3 Å². The second kappa shape index (κ2) is 9.36. The molecule has 1 aromatic carbocycles. The normalized spacial score (nSPS) is 21.1. The van der Waals surface area contributed by atoms with Gasteiger partial charge in [0.25, 0.3) is 5.91 Å². The van der Waals surface area contributed by atoms with Crippen molar-refractivity contribution in [2.75, 3.05) is 24.3 Å². The van der Waals surface area contributed by atoms with E-state index in [2.05, 4.69) is 20.9 Å². The first kappa shape index (κ1) is 23.6. The Balaban J connectivity index is 1.50. The van der Waals surface area contributed by atoms with Crippen molar-refractivity contribution in [3.8, 4) is 0 Å². The summed E-state index contributed by atoms with van der Waals surface area (Å²) in [6.45, 7) is 0.0508. The lowest BCUT2D eigenvalue weighted by atomic mass is 10.0. The number of hydrogen-bond donors (Lipinski definition) is 4. The number of pyridine rings is 1. The van der Waals surface area contributed by atoms with Crippen LogP contribution in [0.15, 0.2) is 36.7 Å². The van der Waals surface area contributed by atoms with E-state index < -0.39 is 17.6 Å². The van der Waals surface area contributed by atoms with Crippen LogP contribution < -0.4 is 20.9 Å². The van der Waals surface area contributed by atoms with Gasteiger partial charge in [0.1, 0.15) is 12.0 Å². The quantitative estimate of drug-likeness (QED) is 0.458. The highest BCUT2D eigenvalue weighted by atomic mass is 19.3. The summed E-state index contributed by atoms with van der Waals surface area (Å²) < 4.78 is 41.7. The molecule has 2 aromatic rings. The topological polar surface area (TPSA) is 93.1 Å². The number of nitrogens with zero attached hydrogens (tertiary/aromatic N) is 2. The fourth-order valence-corrected chi connectivity index (χ4v) is 4.73. The number of anilines is 2. The van der Waals surface area contributed by atoms with Crippen LogP contribution in [0.2, 0.25) is 0 Å². The molecule has 0 bridgehead atoms. The van der Waals surface area contributed by atoms with Gasteiger partial charge in [-0.3, -0.25) is 4.79 Å². The molecule has 1 amide bonds. The largest absolute Gasteiger partial charge is 0.393 e. The molecule has 0 radical (unpaired) electrons. The molecule has 4 N–H and O–H groups in total. The number of allylic oxidation sites excluding steroid dienone is 1. The van der Waals surface area contributed by atoms with Crippen molar-refractivity contribution in [3.63, 3.8) is 0 Å². The Morgan fingerprint density at radius 1 is 1.38 bits per heavy atom. The molecule has 2 heterocycles. The third-order valence-electron chi connectivity index (χ3n) is 6.30. The van der Waals surface area contributed by atoms with Gasteiger partial charge in [-0.15, -0.1) is 0 Å². The molecule has 1 aliphatic heterocycles. The van der Waals surface area contributed by atoms with Crippen molar-refractivity contribution in [3.05, 3.63) is 59.3 Å². The summed E-state index contributed by atoms with van der Waals surface area (Å²) in [7, 11) is 3.45. The van der Waals surface area contributed by atoms with Crippen LogP contribution in [0.1, 0.15) is 40.9 Å². The summed E-state index contributed by atoms with van der Waals surface area (Å²) in [5, 5.41) is 16.4. The summed E-state index contributed by atoms with van der Waals surface area (Å²) >= 11 is 0. The molecule has 1 aliphatic carbocycles. The van der Waals surface area contributed by atoms with Gasteiger partial charge in [-0.05, 0) is 41.8 Å². The Morgan fingerprint density at radius 2 is 2.18 bits per heavy atom. The number of fused-ring (bicyclic) bond motifs is 1. The zero-order chi connectivity index (χ0) is 24.5. The summed E-state index contributed by atoms with van der Waals surface area (Å²) in [6, 6.07) is 6.06. The van der Waals surface area contributed by atoms with Crippen molar-refractivity contribution >= 4 is 29.1 Å². The third kappa shape index (κ3) is 4.71. The molecule has 4 rings (SSSR count). The minimum Gasteiger partial charge on any atom is -0.393 e. The van der Waals surface area contributed by atoms with Gasteiger partial charge in [0.2, 0.25) is 5.92 Å². The average molecular weight is 473 g/mol. The first-order valence-corrected chi connectivity index (χ1v) is 11.0. The van der Waals surface area contributed by atoms with Crippen LogP contribution in [0.3, 0.4) is 0 Å². The molecule has 0 spiro atoms. The smallest absolute Gasteiger partial charge is 0.272 e. The van der Waals surface area contributed by atoms with Gasteiger partial charge in [-0.25, -0.2) is 18.2 Å². The number of hydrogen-bond acceptors (Lipinski definition) is 6. The van der Waals surface area contributed by atoms with E-state index >= 15 is 0 Å². The van der Waals surface area contributed by atoms with E-state index in [1.807, 2.05) is 4.90 Å². The molecule has 7 nitrogen and oxygen atoms in total. The van der Waals surface area contributed by atoms with Crippen LogP contribution in [-0.4, -0.2) is 43.3 Å². The molecule has 10 heteroatoms. The van der Waals surface area contributed by atoms with Crippen LogP contribution in [0.4, 0.5) is 24.5 Å². The molecule has 2 atom stereocenters. The predicted octanol–water partition coefficient (Wildman–Crippen LogP) is 3.98. The minimum atomic E-state index is -2.66. The van der Waals surface area contributed by atoms with Crippen LogP contribution in [0, 0.1) is 17.1 Å². The SMILES string of the molecule is CN/C=C(\C=N)c1cc(F)cc(CNC(=O)c2nccc3c2N(C)C(C2CCC(F)(F)C2)N3)c1. The summed E-state index contributed by atoms with van der Waals surface area (Å²) in [6.07, 6.45) is 3.93. The fraction of sp³-hybridized carbons (Fsp3) is 0.375. The summed E-state index contributed by atoms with van der Waals surface area (Å²) in [5.41, 5.74) is 2.93. The molecule has 2 unspecified atom stereocenters. The first-order chi connectivity index (χ1) is 16.2. The van der Waals surface area contributed by atoms with E-state index in [0.29, 0.717) is 34.5 Å². The zero-order valence-corrected chi connectivity index (χ0v) is 19.0. The maximum Gasteiger partial charge on any atom is 0.272 e. The van der Waals surface area contributed by atoms with E-state index in [0.717, 1.165) is 6.21 Å². The Bertz CT molecular complexity index is 1140. The van der Waals surface area contributed by atoms with E-state index in [1.54, 1.807) is 32.4 Å². The Labute approximate surface area is 196 Å². The molecular weight excluding hydrogens is 445 g/mol. The molecule has 34 heavy (non-hydrogen) atoms. The minimum absolute atomic E-state index is 0.0508. The van der Waals surface area contributed by atoms with Crippen LogP contribution in [0.5, 0.6) is 0 Å². The number of benzene rings is 1. The summed E-state index contributed by atoms with van der Waals surface area (Å²) in [4.78, 5) is 19.1. The van der Waals surface area contributed by atoms with E-state index in [4.69, 9.17) is 5.41 Å². The fourth-order valence-electron chi connectivity index (χ4n) is 4.73. The molecule has 1 fully saturated rings. The number of nitrogens with one attached hydrogen (secondary N) is 4. The molecule has 2 aliphatic rings. The maximum absolute atomic E-state index is 14.2. The number of carbonyl (C=O) groups is 1. The average Bonchev–Trinajstić information content (AvgIpc) is 3.34. The summed E-state index contributed by atoms with van der Waals surface area (Å²) in [5.74, 6) is -3.84. The maximum atomic E-state index is 14.2. The number of halogens is 3. The standard InChI is InChI=1S/C24H27F3N6O/c1-29-13-17(11-28)16-7-14(8-18(25)9-16)12-31-23(34)20-21-19(4-6-30-20)32-22(33(21)2)15-3-5-24(26,27)10-15/h4,6-9,11,13,15,22,28-29,32H,3,5,10,12H2,1-2H3,(H,31,34)/b17-13+,28-11?. The van der Waals surface area contributed by atoms with Crippen molar-refractivity contribution in [2.24, 2.45) is 5.92 Å². The second-order valence-corrected chi connectivity index (χ2v) is 8.68. The van der Waals surface area contributed by atoms with Gasteiger partial charge in [-0.2, -0.15) is 0 Å². The van der Waals surface area contributed by atoms with Crippen molar-refractivity contribution < 1.29 is 18.0 Å². The van der Waals surface area contributed by atoms with Gasteiger partial charge in [0.15, 0.2) is 5.69 Å². The molecular formula is C24H27F3N6O. The third-order valence-corrected chi connectivity index (χ3v) is 6.30. The Kier molecular flexibility index (Phi) is 6.49. The number of rotatable bonds is 7. The predicted molar refractivity (Wildman–Crippen MR) is 126 cm³/mol. The van der Waals surface area contributed by atoms with Crippen molar-refractivity contribution in [2.45, 2.75) is 37.9 Å². The highest BCUT2D eigenvalue weighted by molar-refractivity contribution is 6.08. The van der Waals surface area contributed by atoms with Crippen LogP contribution in [0.25, 0.3) is 5.57 Å². The van der Waals surface area contributed by atoms with Gasteiger partial charge in [-0.1, -0.05) is 0 Å². The Morgan fingerprint density at radius 3 is 2.85 bits per heavy atom. The molecule has 0 saturated heterocycles. The molecule has 180 valence electrons. The van der Waals surface area contributed by atoms with Crippen LogP contribution in [-0.2, 0) is 6.54 Å². The van der Waals surface area contributed by atoms with Gasteiger partial charge >= 0.3 is 0 Å². The van der Waals surface area contributed by atoms with Gasteiger partial charge in [0, 0.05) is 63.6 Å². The zero-order valence-electron chi connectivity index (χ0n) is 19.0. The van der Waals surface area contributed by atoms with Crippen molar-refractivity contribution in [1.29, 1.82) is 5.41 Å². The first-order valence-electron chi connectivity index (χ1n) is 11.0.